The Balaban J connectivity index is 1.35. The molecule has 3 aromatic rings. The number of benzene rings is 3. The second-order valence-electron chi connectivity index (χ2n) is 8.03. The Kier molecular flexibility index (Phi) is 5.68. The molecule has 0 spiro atoms. The molecule has 0 saturated heterocycles. The molecule has 0 amide bonds. The zero-order chi connectivity index (χ0) is 22.2. The lowest BCUT2D eigenvalue weighted by Gasteiger charge is -2.30. The van der Waals surface area contributed by atoms with Gasteiger partial charge in [-0.1, -0.05) is 59.6 Å². The summed E-state index contributed by atoms with van der Waals surface area (Å²) in [6.45, 7) is 3.89. The smallest absolute Gasteiger partial charge is 0.231 e. The van der Waals surface area contributed by atoms with Crippen molar-refractivity contribution in [2.75, 3.05) is 13.3 Å². The van der Waals surface area contributed by atoms with Crippen LogP contribution in [0.1, 0.15) is 32.6 Å². The third-order valence-electron chi connectivity index (χ3n) is 5.81. The summed E-state index contributed by atoms with van der Waals surface area (Å²) in [6.07, 6.45) is 2.56. The normalized spacial score (nSPS) is 16.5. The van der Waals surface area contributed by atoms with Crippen LogP contribution in [0.25, 0.3) is 6.08 Å². The molecular weight excluding hydrogens is 445 g/mol. The first-order chi connectivity index (χ1) is 15.5. The van der Waals surface area contributed by atoms with E-state index in [1.54, 1.807) is 12.1 Å². The first-order valence-electron chi connectivity index (χ1n) is 10.4. The fourth-order valence-corrected chi connectivity index (χ4v) is 4.65. The van der Waals surface area contributed by atoms with Gasteiger partial charge < -0.3 is 9.47 Å². The zero-order valence-corrected chi connectivity index (χ0v) is 19.0. The van der Waals surface area contributed by atoms with Crippen LogP contribution in [-0.2, 0) is 13.0 Å². The number of halogens is 2. The molecule has 2 aliphatic heterocycles. The quantitative estimate of drug-likeness (QED) is 0.423. The standard InChI is InChI=1S/C26H21Cl2NO3/c1-16-25-19(14-29(15-31-25)10-9-18-7-8-20(27)13-22(18)28)12-21-24(30)23(32-26(16)21)11-17-5-3-2-4-6-17/h2-8,11-13H,9-10,14-15H2,1H3/b23-11-. The number of hydrogen-bond donors (Lipinski definition) is 0. The molecule has 5 rings (SSSR count). The van der Waals surface area contributed by atoms with Crippen LogP contribution < -0.4 is 9.47 Å². The van der Waals surface area contributed by atoms with Crippen molar-refractivity contribution in [2.45, 2.75) is 19.9 Å². The van der Waals surface area contributed by atoms with Gasteiger partial charge in [0.25, 0.3) is 0 Å². The summed E-state index contributed by atoms with van der Waals surface area (Å²) >= 11 is 12.3. The highest BCUT2D eigenvalue weighted by Gasteiger charge is 2.33. The number of allylic oxidation sites excluding steroid dienone is 1. The minimum Gasteiger partial charge on any atom is -0.477 e. The predicted molar refractivity (Wildman–Crippen MR) is 127 cm³/mol. The average Bonchev–Trinajstić information content (AvgIpc) is 3.09. The van der Waals surface area contributed by atoms with Crippen LogP contribution in [0.15, 0.2) is 60.4 Å². The molecule has 0 unspecified atom stereocenters. The van der Waals surface area contributed by atoms with Crippen molar-refractivity contribution in [1.29, 1.82) is 0 Å². The van der Waals surface area contributed by atoms with Crippen LogP contribution in [0.3, 0.4) is 0 Å². The molecule has 0 atom stereocenters. The summed E-state index contributed by atoms with van der Waals surface area (Å²) in [5, 5.41) is 1.30. The number of rotatable bonds is 4. The van der Waals surface area contributed by atoms with Gasteiger partial charge in [0.2, 0.25) is 5.78 Å². The largest absolute Gasteiger partial charge is 0.477 e. The number of hydrogen-bond acceptors (Lipinski definition) is 4. The SMILES string of the molecule is Cc1c2c(cc3c1O/C(=C\c1ccccc1)C3=O)CN(CCc1ccc(Cl)cc1Cl)CO2. The zero-order valence-electron chi connectivity index (χ0n) is 17.5. The van der Waals surface area contributed by atoms with Gasteiger partial charge in [-0.05, 0) is 48.7 Å². The highest BCUT2D eigenvalue weighted by Crippen LogP contribution is 2.43. The van der Waals surface area contributed by atoms with Gasteiger partial charge in [0.15, 0.2) is 5.76 Å². The van der Waals surface area contributed by atoms with Gasteiger partial charge in [-0.2, -0.15) is 0 Å². The number of Topliss-reactive ketones (excluding diaryl/α,β-unsaturated/α-hetero) is 1. The number of ketones is 1. The van der Waals surface area contributed by atoms with Gasteiger partial charge in [0.1, 0.15) is 18.2 Å². The Bertz CT molecular complexity index is 1240. The molecular formula is C26H21Cl2NO3. The Morgan fingerprint density at radius 3 is 2.66 bits per heavy atom. The minimum absolute atomic E-state index is 0.0974. The fraction of sp³-hybridized carbons (Fsp3) is 0.192. The van der Waals surface area contributed by atoms with E-state index in [0.29, 0.717) is 40.4 Å². The molecule has 0 radical (unpaired) electrons. The summed E-state index contributed by atoms with van der Waals surface area (Å²) in [6, 6.07) is 17.2. The van der Waals surface area contributed by atoms with Gasteiger partial charge in [-0.3, -0.25) is 9.69 Å². The summed E-state index contributed by atoms with van der Waals surface area (Å²) in [5.74, 6) is 1.64. The summed E-state index contributed by atoms with van der Waals surface area (Å²) < 4.78 is 12.0. The number of nitrogens with zero attached hydrogens (tertiary/aromatic N) is 1. The van der Waals surface area contributed by atoms with E-state index in [9.17, 15) is 4.79 Å². The molecule has 2 heterocycles. The van der Waals surface area contributed by atoms with E-state index in [1.807, 2.05) is 55.5 Å². The maximum Gasteiger partial charge on any atom is 0.231 e. The third kappa shape index (κ3) is 4.02. The summed E-state index contributed by atoms with van der Waals surface area (Å²) in [4.78, 5) is 15.2. The average molecular weight is 466 g/mol. The second kappa shape index (κ2) is 8.62. The van der Waals surface area contributed by atoms with Gasteiger partial charge in [-0.15, -0.1) is 0 Å². The lowest BCUT2D eigenvalue weighted by atomic mass is 10.00. The van der Waals surface area contributed by atoms with Gasteiger partial charge in [0.05, 0.1) is 5.56 Å². The van der Waals surface area contributed by atoms with Crippen molar-refractivity contribution in [2.24, 2.45) is 0 Å². The Hall–Kier alpha value is -2.79. The van der Waals surface area contributed by atoms with Gasteiger partial charge in [0, 0.05) is 34.3 Å². The first kappa shape index (κ1) is 21.1. The molecule has 3 aromatic carbocycles. The summed E-state index contributed by atoms with van der Waals surface area (Å²) in [5.41, 5.74) is 4.42. The fourth-order valence-electron chi connectivity index (χ4n) is 4.14. The van der Waals surface area contributed by atoms with E-state index in [1.165, 1.54) is 0 Å². The van der Waals surface area contributed by atoms with E-state index in [2.05, 4.69) is 4.90 Å². The molecule has 0 N–H and O–H groups in total. The Morgan fingerprint density at radius 1 is 1.06 bits per heavy atom. The molecule has 0 bridgehead atoms. The van der Waals surface area contributed by atoms with E-state index in [0.717, 1.165) is 41.0 Å². The van der Waals surface area contributed by atoms with Crippen molar-refractivity contribution < 1.29 is 14.3 Å². The topological polar surface area (TPSA) is 38.8 Å². The van der Waals surface area contributed by atoms with Crippen LogP contribution in [-0.4, -0.2) is 24.0 Å². The molecule has 0 fully saturated rings. The third-order valence-corrected chi connectivity index (χ3v) is 6.40. The maximum atomic E-state index is 13.0. The molecule has 32 heavy (non-hydrogen) atoms. The van der Waals surface area contributed by atoms with E-state index >= 15 is 0 Å². The van der Waals surface area contributed by atoms with Crippen molar-refractivity contribution in [1.82, 2.24) is 4.90 Å². The molecule has 0 aliphatic carbocycles. The van der Waals surface area contributed by atoms with Crippen molar-refractivity contribution in [3.63, 3.8) is 0 Å². The highest BCUT2D eigenvalue weighted by atomic mass is 35.5. The van der Waals surface area contributed by atoms with Crippen molar-refractivity contribution in [3.05, 3.63) is 98.2 Å². The van der Waals surface area contributed by atoms with Gasteiger partial charge >= 0.3 is 0 Å². The molecule has 162 valence electrons. The molecule has 2 aliphatic rings. The monoisotopic (exact) mass is 465 g/mol. The number of ether oxygens (including phenoxy) is 2. The van der Waals surface area contributed by atoms with E-state index < -0.39 is 0 Å². The molecule has 6 heteroatoms. The summed E-state index contributed by atoms with van der Waals surface area (Å²) in [7, 11) is 0. The Labute approximate surface area is 197 Å². The van der Waals surface area contributed by atoms with Crippen molar-refractivity contribution in [3.8, 4) is 11.5 Å². The van der Waals surface area contributed by atoms with Crippen LogP contribution in [0, 0.1) is 6.92 Å². The second-order valence-corrected chi connectivity index (χ2v) is 8.87. The molecule has 0 saturated carbocycles. The van der Waals surface area contributed by atoms with E-state index in [-0.39, 0.29) is 5.78 Å². The van der Waals surface area contributed by atoms with Crippen LogP contribution in [0.4, 0.5) is 0 Å². The lowest BCUT2D eigenvalue weighted by molar-refractivity contribution is 0.0954. The molecule has 4 nitrogen and oxygen atoms in total. The highest BCUT2D eigenvalue weighted by molar-refractivity contribution is 6.35. The van der Waals surface area contributed by atoms with Crippen molar-refractivity contribution >= 4 is 35.1 Å². The predicted octanol–water partition coefficient (Wildman–Crippen LogP) is 6.31. The lowest BCUT2D eigenvalue weighted by Crippen LogP contribution is -2.34. The number of carbonyl (C=O) groups excluding carboxylic acids is 1. The van der Waals surface area contributed by atoms with Gasteiger partial charge in [-0.25, -0.2) is 0 Å². The van der Waals surface area contributed by atoms with E-state index in [4.69, 9.17) is 32.7 Å². The maximum absolute atomic E-state index is 13.0. The molecule has 0 aromatic heterocycles. The number of fused-ring (bicyclic) bond motifs is 2. The van der Waals surface area contributed by atoms with Crippen LogP contribution >= 0.6 is 23.2 Å². The van der Waals surface area contributed by atoms with Crippen LogP contribution in [0.5, 0.6) is 11.5 Å². The first-order valence-corrected chi connectivity index (χ1v) is 11.2. The Morgan fingerprint density at radius 2 is 1.88 bits per heavy atom. The number of carbonyl (C=O) groups is 1. The minimum atomic E-state index is -0.0974. The van der Waals surface area contributed by atoms with Crippen LogP contribution in [0.2, 0.25) is 10.0 Å².